The molecule has 0 saturated heterocycles. The van der Waals surface area contributed by atoms with Gasteiger partial charge in [-0.3, -0.25) is 4.72 Å². The molecule has 0 spiro atoms. The number of nitrogens with zero attached hydrogens (tertiary/aromatic N) is 1. The van der Waals surface area contributed by atoms with E-state index in [1.807, 2.05) is 0 Å². The van der Waals surface area contributed by atoms with Crippen molar-refractivity contribution >= 4 is 25.7 Å². The van der Waals surface area contributed by atoms with E-state index in [2.05, 4.69) is 9.88 Å². The minimum Gasteiger partial charge on any atom is -0.361 e. The minimum absolute atomic E-state index is 0.0988. The average molecular weight is 331 g/mol. The van der Waals surface area contributed by atoms with E-state index in [0.717, 1.165) is 6.07 Å². The van der Waals surface area contributed by atoms with Gasteiger partial charge in [-0.2, -0.15) is 0 Å². The lowest BCUT2D eigenvalue weighted by molar-refractivity contribution is 0.392. The van der Waals surface area contributed by atoms with Crippen LogP contribution in [0.5, 0.6) is 0 Å². The Morgan fingerprint density at radius 3 is 2.52 bits per heavy atom. The van der Waals surface area contributed by atoms with Gasteiger partial charge >= 0.3 is 0 Å². The highest BCUT2D eigenvalue weighted by atomic mass is 32.2. The molecule has 8 nitrogen and oxygen atoms in total. The van der Waals surface area contributed by atoms with Crippen molar-refractivity contribution in [2.24, 2.45) is 5.14 Å². The number of nitrogens with one attached hydrogen (secondary N) is 1. The number of rotatable bonds is 5. The van der Waals surface area contributed by atoms with E-state index in [4.69, 9.17) is 9.66 Å². The van der Waals surface area contributed by atoms with Gasteiger partial charge in [0.15, 0.2) is 0 Å². The first kappa shape index (κ1) is 15.5. The molecule has 0 saturated carbocycles. The fourth-order valence-corrected chi connectivity index (χ4v) is 3.28. The van der Waals surface area contributed by atoms with Crippen LogP contribution >= 0.6 is 0 Å². The molecule has 10 heteroatoms. The second-order valence-electron chi connectivity index (χ2n) is 4.36. The van der Waals surface area contributed by atoms with Crippen molar-refractivity contribution in [3.05, 3.63) is 41.8 Å². The predicted molar refractivity (Wildman–Crippen MR) is 75.3 cm³/mol. The van der Waals surface area contributed by atoms with Crippen LogP contribution in [0.4, 0.5) is 5.69 Å². The van der Waals surface area contributed by atoms with Gasteiger partial charge in [-0.1, -0.05) is 11.2 Å². The predicted octanol–water partition coefficient (Wildman–Crippen LogP) is 0.572. The van der Waals surface area contributed by atoms with Crippen molar-refractivity contribution in [2.75, 3.05) is 4.72 Å². The zero-order valence-electron chi connectivity index (χ0n) is 11.0. The molecule has 3 N–H and O–H groups in total. The highest BCUT2D eigenvalue weighted by Gasteiger charge is 2.16. The maximum absolute atomic E-state index is 12.0. The standard InChI is InChI=1S/C11H13N3O5S2/c1-8-5-10(13-19-8)7-20(15,16)14-9-3-2-4-11(6-9)21(12,17)18/h2-6,14H,7H2,1H3,(H2,12,17,18). The first-order chi connectivity index (χ1) is 9.66. The second kappa shape index (κ2) is 5.47. The Hall–Kier alpha value is -1.91. The van der Waals surface area contributed by atoms with E-state index in [1.165, 1.54) is 24.3 Å². The molecule has 0 bridgehead atoms. The minimum atomic E-state index is -3.90. The molecule has 0 amide bonds. The molecular formula is C11H13N3O5S2. The van der Waals surface area contributed by atoms with Gasteiger partial charge in [0.1, 0.15) is 17.2 Å². The first-order valence-electron chi connectivity index (χ1n) is 5.71. The zero-order chi connectivity index (χ0) is 15.7. The van der Waals surface area contributed by atoms with Gasteiger partial charge in [0, 0.05) is 11.8 Å². The number of aromatic nitrogens is 1. The summed E-state index contributed by atoms with van der Waals surface area (Å²) in [6.07, 6.45) is 0. The summed E-state index contributed by atoms with van der Waals surface area (Å²) >= 11 is 0. The van der Waals surface area contributed by atoms with Crippen LogP contribution in [0.2, 0.25) is 0 Å². The van der Waals surface area contributed by atoms with Gasteiger partial charge in [-0.25, -0.2) is 22.0 Å². The third-order valence-corrected chi connectivity index (χ3v) is 4.58. The van der Waals surface area contributed by atoms with Crippen molar-refractivity contribution in [1.29, 1.82) is 0 Å². The Morgan fingerprint density at radius 2 is 1.95 bits per heavy atom. The van der Waals surface area contributed by atoms with Gasteiger partial charge in [0.2, 0.25) is 20.0 Å². The zero-order valence-corrected chi connectivity index (χ0v) is 12.6. The number of nitrogens with two attached hydrogens (primary N) is 1. The van der Waals surface area contributed by atoms with E-state index in [1.54, 1.807) is 6.92 Å². The third-order valence-electron chi connectivity index (χ3n) is 2.45. The summed E-state index contributed by atoms with van der Waals surface area (Å²) in [5.41, 5.74) is 0.351. The largest absolute Gasteiger partial charge is 0.361 e. The normalized spacial score (nSPS) is 12.3. The Balaban J connectivity index is 2.21. The van der Waals surface area contributed by atoms with Crippen LogP contribution in [0.15, 0.2) is 39.8 Å². The maximum Gasteiger partial charge on any atom is 0.238 e. The third kappa shape index (κ3) is 4.28. The smallest absolute Gasteiger partial charge is 0.238 e. The summed E-state index contributed by atoms with van der Waals surface area (Å²) in [4.78, 5) is -0.181. The number of sulfonamides is 2. The monoisotopic (exact) mass is 331 g/mol. The molecule has 1 heterocycles. The van der Waals surface area contributed by atoms with Gasteiger partial charge in [-0.15, -0.1) is 0 Å². The molecule has 0 aliphatic carbocycles. The molecule has 2 rings (SSSR count). The van der Waals surface area contributed by atoms with E-state index in [9.17, 15) is 16.8 Å². The van der Waals surface area contributed by atoms with E-state index < -0.39 is 20.0 Å². The number of hydrogen-bond acceptors (Lipinski definition) is 6. The molecule has 0 fully saturated rings. The molecule has 21 heavy (non-hydrogen) atoms. The Bertz CT molecular complexity index is 855. The van der Waals surface area contributed by atoms with Crippen LogP contribution in [0.1, 0.15) is 11.5 Å². The average Bonchev–Trinajstić information content (AvgIpc) is 2.72. The van der Waals surface area contributed by atoms with Gasteiger partial charge in [0.05, 0.1) is 4.90 Å². The molecule has 0 aliphatic rings. The molecule has 0 radical (unpaired) electrons. The Kier molecular flexibility index (Phi) is 4.03. The highest BCUT2D eigenvalue weighted by molar-refractivity contribution is 7.92. The SMILES string of the molecule is Cc1cc(CS(=O)(=O)Nc2cccc(S(N)(=O)=O)c2)no1. The molecular weight excluding hydrogens is 318 g/mol. The maximum atomic E-state index is 12.0. The number of anilines is 1. The molecule has 1 aromatic heterocycles. The molecule has 1 aromatic carbocycles. The summed E-state index contributed by atoms with van der Waals surface area (Å²) in [5, 5.41) is 8.58. The van der Waals surface area contributed by atoms with Crippen LogP contribution in [-0.4, -0.2) is 22.0 Å². The van der Waals surface area contributed by atoms with E-state index in [0.29, 0.717) is 5.76 Å². The first-order valence-corrected chi connectivity index (χ1v) is 8.91. The summed E-state index contributed by atoms with van der Waals surface area (Å²) in [7, 11) is -7.64. The topological polar surface area (TPSA) is 132 Å². The number of hydrogen-bond donors (Lipinski definition) is 2. The molecule has 2 aromatic rings. The number of benzene rings is 1. The Labute approximate surface area is 122 Å². The van der Waals surface area contributed by atoms with Crippen LogP contribution < -0.4 is 9.86 Å². The lowest BCUT2D eigenvalue weighted by Gasteiger charge is -2.07. The lowest BCUT2D eigenvalue weighted by Crippen LogP contribution is -2.16. The second-order valence-corrected chi connectivity index (χ2v) is 7.65. The van der Waals surface area contributed by atoms with Crippen molar-refractivity contribution < 1.29 is 21.4 Å². The summed E-state index contributed by atoms with van der Waals surface area (Å²) in [6, 6.07) is 6.72. The van der Waals surface area contributed by atoms with Gasteiger partial charge in [0.25, 0.3) is 0 Å². The molecule has 0 atom stereocenters. The fourth-order valence-electron chi connectivity index (χ4n) is 1.63. The van der Waals surface area contributed by atoms with Crippen molar-refractivity contribution in [3.63, 3.8) is 0 Å². The van der Waals surface area contributed by atoms with Crippen molar-refractivity contribution in [1.82, 2.24) is 5.16 Å². The van der Waals surface area contributed by atoms with Crippen LogP contribution in [-0.2, 0) is 25.8 Å². The quantitative estimate of drug-likeness (QED) is 0.823. The lowest BCUT2D eigenvalue weighted by atomic mass is 10.3. The number of aryl methyl sites for hydroxylation is 1. The van der Waals surface area contributed by atoms with E-state index >= 15 is 0 Å². The van der Waals surface area contributed by atoms with Crippen LogP contribution in [0.3, 0.4) is 0 Å². The molecule has 0 unspecified atom stereocenters. The Morgan fingerprint density at radius 1 is 1.24 bits per heavy atom. The van der Waals surface area contributed by atoms with Crippen LogP contribution in [0.25, 0.3) is 0 Å². The highest BCUT2D eigenvalue weighted by Crippen LogP contribution is 2.17. The summed E-state index contributed by atoms with van der Waals surface area (Å²) in [6.45, 7) is 1.64. The van der Waals surface area contributed by atoms with Gasteiger partial charge < -0.3 is 4.52 Å². The van der Waals surface area contributed by atoms with Crippen LogP contribution in [0, 0.1) is 6.92 Å². The molecule has 114 valence electrons. The summed E-state index contributed by atoms with van der Waals surface area (Å²) < 4.78 is 53.4. The molecule has 0 aliphatic heterocycles. The number of primary sulfonamides is 1. The van der Waals surface area contributed by atoms with Crippen molar-refractivity contribution in [2.45, 2.75) is 17.6 Å². The fraction of sp³-hybridized carbons (Fsp3) is 0.182. The van der Waals surface area contributed by atoms with E-state index in [-0.39, 0.29) is 22.0 Å². The van der Waals surface area contributed by atoms with Crippen molar-refractivity contribution in [3.8, 4) is 0 Å². The summed E-state index contributed by atoms with van der Waals surface area (Å²) in [5.74, 6) is 0.112. The van der Waals surface area contributed by atoms with Gasteiger partial charge in [-0.05, 0) is 25.1 Å².